The fourth-order valence-electron chi connectivity index (χ4n) is 1.31. The van der Waals surface area contributed by atoms with Gasteiger partial charge in [0.15, 0.2) is 5.82 Å². The zero-order valence-corrected chi connectivity index (χ0v) is 12.3. The van der Waals surface area contributed by atoms with Gasteiger partial charge in [0.05, 0.1) is 17.8 Å². The zero-order valence-electron chi connectivity index (χ0n) is 9.99. The van der Waals surface area contributed by atoms with Crippen LogP contribution in [-0.4, -0.2) is 18.4 Å². The Balaban J connectivity index is 2.13. The van der Waals surface area contributed by atoms with Gasteiger partial charge in [-0.2, -0.15) is 0 Å². The van der Waals surface area contributed by atoms with Crippen molar-refractivity contribution in [2.75, 3.05) is 4.72 Å². The highest BCUT2D eigenvalue weighted by Crippen LogP contribution is 2.13. The molecule has 1 N–H and O–H groups in total. The van der Waals surface area contributed by atoms with E-state index in [2.05, 4.69) is 14.7 Å². The molecule has 2 aromatic rings. The van der Waals surface area contributed by atoms with Crippen LogP contribution in [0.3, 0.4) is 0 Å². The normalized spacial score (nSPS) is 11.7. The summed E-state index contributed by atoms with van der Waals surface area (Å²) in [6.07, 6.45) is 4.01. The Labute approximate surface area is 126 Å². The first-order chi connectivity index (χ1) is 9.44. The smallest absolute Gasteiger partial charge is 0.256 e. The van der Waals surface area contributed by atoms with Crippen molar-refractivity contribution in [2.45, 2.75) is 0 Å². The summed E-state index contributed by atoms with van der Waals surface area (Å²) in [5, 5.41) is 1.71. The molecule has 1 heterocycles. The molecule has 5 nitrogen and oxygen atoms in total. The maximum atomic E-state index is 11.8. The molecule has 1 aromatic heterocycles. The Morgan fingerprint density at radius 3 is 2.45 bits per heavy atom. The van der Waals surface area contributed by atoms with Crippen LogP contribution < -0.4 is 4.72 Å². The molecular formula is C12H9Cl2N3O2S. The van der Waals surface area contributed by atoms with E-state index in [1.165, 1.54) is 18.5 Å². The van der Waals surface area contributed by atoms with E-state index in [1.54, 1.807) is 24.3 Å². The van der Waals surface area contributed by atoms with Gasteiger partial charge in [0, 0.05) is 5.02 Å². The third-order valence-electron chi connectivity index (χ3n) is 2.16. The van der Waals surface area contributed by atoms with Gasteiger partial charge in [-0.05, 0) is 23.8 Å². The lowest BCUT2D eigenvalue weighted by Gasteiger charge is -2.02. The fourth-order valence-corrected chi connectivity index (χ4v) is 2.38. The highest BCUT2D eigenvalue weighted by atomic mass is 35.5. The fraction of sp³-hybridized carbons (Fsp3) is 0. The predicted octanol–water partition coefficient (Wildman–Crippen LogP) is 3.20. The summed E-state index contributed by atoms with van der Waals surface area (Å²) in [5.41, 5.74) is 0.706. The predicted molar refractivity (Wildman–Crippen MR) is 80.1 cm³/mol. The Hall–Kier alpha value is -1.63. The average Bonchev–Trinajstić information content (AvgIpc) is 2.37. The molecule has 0 aliphatic carbocycles. The second-order valence-electron chi connectivity index (χ2n) is 3.73. The second kappa shape index (κ2) is 6.21. The summed E-state index contributed by atoms with van der Waals surface area (Å²) >= 11 is 11.4. The highest BCUT2D eigenvalue weighted by Gasteiger charge is 2.07. The van der Waals surface area contributed by atoms with Crippen molar-refractivity contribution in [1.29, 1.82) is 0 Å². The average molecular weight is 330 g/mol. The molecule has 20 heavy (non-hydrogen) atoms. The summed E-state index contributed by atoms with van der Waals surface area (Å²) in [7, 11) is -3.68. The molecule has 0 unspecified atom stereocenters. The number of nitrogens with one attached hydrogen (secondary N) is 1. The quantitative estimate of drug-likeness (QED) is 0.934. The molecule has 8 heteroatoms. The van der Waals surface area contributed by atoms with Crippen LogP contribution >= 0.6 is 23.2 Å². The molecule has 0 saturated carbocycles. The molecule has 2 rings (SSSR count). The van der Waals surface area contributed by atoms with E-state index in [9.17, 15) is 8.42 Å². The number of halogens is 2. The minimum absolute atomic E-state index is 0.0539. The van der Waals surface area contributed by atoms with Crippen LogP contribution in [0.25, 0.3) is 6.08 Å². The van der Waals surface area contributed by atoms with E-state index in [-0.39, 0.29) is 11.0 Å². The van der Waals surface area contributed by atoms with E-state index in [4.69, 9.17) is 23.2 Å². The first-order valence-electron chi connectivity index (χ1n) is 5.39. The Kier molecular flexibility index (Phi) is 4.59. The third-order valence-corrected chi connectivity index (χ3v) is 3.58. The number of hydrogen-bond donors (Lipinski definition) is 1. The number of sulfonamides is 1. The van der Waals surface area contributed by atoms with Crippen molar-refractivity contribution in [3.05, 3.63) is 57.8 Å². The summed E-state index contributed by atoms with van der Waals surface area (Å²) in [4.78, 5) is 7.52. The minimum atomic E-state index is -3.68. The van der Waals surface area contributed by atoms with Crippen LogP contribution in [0.2, 0.25) is 10.2 Å². The molecule has 1 aromatic carbocycles. The van der Waals surface area contributed by atoms with E-state index in [1.807, 2.05) is 0 Å². The molecule has 0 saturated heterocycles. The Morgan fingerprint density at radius 2 is 1.80 bits per heavy atom. The van der Waals surface area contributed by atoms with Crippen molar-refractivity contribution in [1.82, 2.24) is 9.97 Å². The highest BCUT2D eigenvalue weighted by molar-refractivity contribution is 7.95. The van der Waals surface area contributed by atoms with Crippen LogP contribution in [0.15, 0.2) is 42.1 Å². The van der Waals surface area contributed by atoms with Gasteiger partial charge >= 0.3 is 0 Å². The number of anilines is 1. The van der Waals surface area contributed by atoms with Crippen molar-refractivity contribution in [3.63, 3.8) is 0 Å². The van der Waals surface area contributed by atoms with E-state index in [0.717, 1.165) is 5.41 Å². The van der Waals surface area contributed by atoms with Gasteiger partial charge in [-0.25, -0.2) is 13.4 Å². The Morgan fingerprint density at radius 1 is 1.10 bits per heavy atom. The van der Waals surface area contributed by atoms with Crippen LogP contribution in [-0.2, 0) is 10.0 Å². The van der Waals surface area contributed by atoms with Gasteiger partial charge in [0.2, 0.25) is 0 Å². The van der Waals surface area contributed by atoms with Crippen molar-refractivity contribution < 1.29 is 8.42 Å². The summed E-state index contributed by atoms with van der Waals surface area (Å²) in [5.74, 6) is 0.0539. The van der Waals surface area contributed by atoms with Crippen molar-refractivity contribution >= 4 is 45.1 Å². The number of rotatable bonds is 4. The first-order valence-corrected chi connectivity index (χ1v) is 7.69. The molecule has 0 atom stereocenters. The van der Waals surface area contributed by atoms with Crippen molar-refractivity contribution in [2.24, 2.45) is 0 Å². The molecule has 0 bridgehead atoms. The minimum Gasteiger partial charge on any atom is -0.263 e. The number of benzene rings is 1. The van der Waals surface area contributed by atoms with E-state index in [0.29, 0.717) is 10.6 Å². The molecule has 0 fully saturated rings. The third kappa shape index (κ3) is 4.48. The zero-order chi connectivity index (χ0) is 14.6. The Bertz CT molecular complexity index is 731. The maximum Gasteiger partial charge on any atom is 0.256 e. The first kappa shape index (κ1) is 14.8. The summed E-state index contributed by atoms with van der Waals surface area (Å²) in [6, 6.07) is 6.74. The maximum absolute atomic E-state index is 11.8. The summed E-state index contributed by atoms with van der Waals surface area (Å²) in [6.45, 7) is 0. The van der Waals surface area contributed by atoms with Crippen LogP contribution in [0, 0.1) is 0 Å². The largest absolute Gasteiger partial charge is 0.263 e. The summed E-state index contributed by atoms with van der Waals surface area (Å²) < 4.78 is 25.9. The lowest BCUT2D eigenvalue weighted by atomic mass is 10.2. The number of nitrogens with zero attached hydrogens (tertiary/aromatic N) is 2. The van der Waals surface area contributed by atoms with Gasteiger partial charge in [0.1, 0.15) is 5.15 Å². The molecule has 0 aliphatic rings. The standard InChI is InChI=1S/C12H9Cl2N3O2S/c13-10-3-1-9(2-4-10)5-6-20(18,19)17-12-8-15-7-11(14)16-12/h1-8H,(H,16,17)/b6-5+. The van der Waals surface area contributed by atoms with Crippen LogP contribution in [0.1, 0.15) is 5.56 Å². The second-order valence-corrected chi connectivity index (χ2v) is 6.12. The van der Waals surface area contributed by atoms with Gasteiger partial charge in [0.25, 0.3) is 10.0 Å². The van der Waals surface area contributed by atoms with Gasteiger partial charge in [-0.3, -0.25) is 9.71 Å². The van der Waals surface area contributed by atoms with Gasteiger partial charge in [-0.1, -0.05) is 35.3 Å². The molecule has 0 amide bonds. The van der Waals surface area contributed by atoms with Crippen LogP contribution in [0.5, 0.6) is 0 Å². The van der Waals surface area contributed by atoms with E-state index < -0.39 is 10.0 Å². The topological polar surface area (TPSA) is 72.0 Å². The molecule has 104 valence electrons. The van der Waals surface area contributed by atoms with E-state index >= 15 is 0 Å². The molecule has 0 aliphatic heterocycles. The van der Waals surface area contributed by atoms with Gasteiger partial charge < -0.3 is 0 Å². The van der Waals surface area contributed by atoms with Crippen LogP contribution in [0.4, 0.5) is 5.82 Å². The molecule has 0 radical (unpaired) electrons. The monoisotopic (exact) mass is 329 g/mol. The van der Waals surface area contributed by atoms with Crippen molar-refractivity contribution in [3.8, 4) is 0 Å². The number of hydrogen-bond acceptors (Lipinski definition) is 4. The number of aromatic nitrogens is 2. The molecule has 0 spiro atoms. The molecular weight excluding hydrogens is 321 g/mol. The SMILES string of the molecule is O=S(=O)(/C=C/c1ccc(Cl)cc1)Nc1cncc(Cl)n1. The lowest BCUT2D eigenvalue weighted by Crippen LogP contribution is -2.10. The lowest BCUT2D eigenvalue weighted by molar-refractivity contribution is 0.609. The van der Waals surface area contributed by atoms with Gasteiger partial charge in [-0.15, -0.1) is 0 Å².